The number of hydrogen-bond donors (Lipinski definition) is 0. The quantitative estimate of drug-likeness (QED) is 0.799. The van der Waals surface area contributed by atoms with E-state index in [1.165, 1.54) is 11.1 Å². The van der Waals surface area contributed by atoms with Crippen LogP contribution in [0, 0.1) is 12.8 Å². The number of para-hydroxylation sites is 1. The van der Waals surface area contributed by atoms with Crippen LogP contribution in [0.2, 0.25) is 0 Å². The van der Waals surface area contributed by atoms with Crippen molar-refractivity contribution in [1.82, 2.24) is 9.55 Å². The van der Waals surface area contributed by atoms with Crippen LogP contribution in [0.5, 0.6) is 0 Å². The molecule has 0 radical (unpaired) electrons. The van der Waals surface area contributed by atoms with Crippen LogP contribution in [0.4, 0.5) is 0 Å². The lowest BCUT2D eigenvalue weighted by Gasteiger charge is -2.19. The minimum Gasteiger partial charge on any atom is -0.378 e. The third-order valence-corrected chi connectivity index (χ3v) is 4.58. The topological polar surface area (TPSA) is 27.1 Å². The van der Waals surface area contributed by atoms with Crippen LogP contribution in [-0.4, -0.2) is 22.3 Å². The van der Waals surface area contributed by atoms with Crippen LogP contribution in [0.25, 0.3) is 11.0 Å². The van der Waals surface area contributed by atoms with Gasteiger partial charge in [-0.1, -0.05) is 19.1 Å². The highest BCUT2D eigenvalue weighted by Gasteiger charge is 2.28. The molecule has 0 aliphatic carbocycles. The van der Waals surface area contributed by atoms with E-state index >= 15 is 0 Å². The lowest BCUT2D eigenvalue weighted by molar-refractivity contribution is 0.0836. The summed E-state index contributed by atoms with van der Waals surface area (Å²) in [4.78, 5) is 4.71. The van der Waals surface area contributed by atoms with Gasteiger partial charge in [-0.3, -0.25) is 0 Å². The second-order valence-corrected chi connectivity index (χ2v) is 5.85. The second kappa shape index (κ2) is 5.74. The average molecular weight is 293 g/mol. The summed E-state index contributed by atoms with van der Waals surface area (Å²) in [6.07, 6.45) is 2.58. The zero-order valence-electron chi connectivity index (χ0n) is 12.1. The van der Waals surface area contributed by atoms with Crippen molar-refractivity contribution in [3.63, 3.8) is 0 Å². The van der Waals surface area contributed by atoms with Crippen LogP contribution in [0.15, 0.2) is 18.2 Å². The summed E-state index contributed by atoms with van der Waals surface area (Å²) in [5.41, 5.74) is 3.49. The molecule has 1 aromatic heterocycles. The summed E-state index contributed by atoms with van der Waals surface area (Å²) in [5.74, 6) is 2.00. The van der Waals surface area contributed by atoms with E-state index in [4.69, 9.17) is 21.3 Å². The number of halogens is 1. The molecule has 2 heterocycles. The van der Waals surface area contributed by atoms with Gasteiger partial charge < -0.3 is 9.30 Å². The molecule has 1 aliphatic heterocycles. The number of rotatable bonds is 4. The van der Waals surface area contributed by atoms with E-state index < -0.39 is 0 Å². The predicted molar refractivity (Wildman–Crippen MR) is 82.2 cm³/mol. The fourth-order valence-corrected chi connectivity index (χ4v) is 3.43. The molecule has 1 aliphatic rings. The number of aryl methyl sites for hydroxylation is 1. The smallest absolute Gasteiger partial charge is 0.124 e. The fourth-order valence-electron chi connectivity index (χ4n) is 3.23. The number of ether oxygens (including phenoxy) is 1. The molecule has 0 N–H and O–H groups in total. The van der Waals surface area contributed by atoms with E-state index in [0.717, 1.165) is 37.3 Å². The molecule has 0 saturated carbocycles. The van der Waals surface area contributed by atoms with Gasteiger partial charge in [0.15, 0.2) is 0 Å². The van der Waals surface area contributed by atoms with Gasteiger partial charge in [0, 0.05) is 19.1 Å². The van der Waals surface area contributed by atoms with Crippen LogP contribution in [0.3, 0.4) is 0 Å². The lowest BCUT2D eigenvalue weighted by atomic mass is 9.99. The molecule has 1 fully saturated rings. The zero-order valence-corrected chi connectivity index (χ0v) is 12.9. The molecule has 1 saturated heterocycles. The van der Waals surface area contributed by atoms with Gasteiger partial charge in [0.25, 0.3) is 0 Å². The summed E-state index contributed by atoms with van der Waals surface area (Å²) < 4.78 is 8.10. The molecule has 0 amide bonds. The first-order valence-electron chi connectivity index (χ1n) is 7.37. The molecule has 0 spiro atoms. The molecule has 3 rings (SSSR count). The van der Waals surface area contributed by atoms with Crippen LogP contribution >= 0.6 is 11.6 Å². The Morgan fingerprint density at radius 1 is 1.45 bits per heavy atom. The number of hydrogen-bond acceptors (Lipinski definition) is 2. The van der Waals surface area contributed by atoms with Crippen molar-refractivity contribution in [2.75, 3.05) is 6.61 Å². The third kappa shape index (κ3) is 2.33. The Balaban J connectivity index is 1.99. The monoisotopic (exact) mass is 292 g/mol. The Morgan fingerprint density at radius 3 is 3.05 bits per heavy atom. The van der Waals surface area contributed by atoms with Crippen molar-refractivity contribution < 1.29 is 4.74 Å². The van der Waals surface area contributed by atoms with Gasteiger partial charge in [-0.25, -0.2) is 4.98 Å². The maximum absolute atomic E-state index is 6.10. The number of benzene rings is 1. The van der Waals surface area contributed by atoms with Crippen molar-refractivity contribution in [3.8, 4) is 0 Å². The summed E-state index contributed by atoms with van der Waals surface area (Å²) in [5, 5.41) is 0. The highest BCUT2D eigenvalue weighted by atomic mass is 35.5. The molecule has 2 unspecified atom stereocenters. The van der Waals surface area contributed by atoms with Gasteiger partial charge in [0.2, 0.25) is 0 Å². The Kier molecular flexibility index (Phi) is 3.99. The maximum atomic E-state index is 6.10. The van der Waals surface area contributed by atoms with Gasteiger partial charge in [-0.05, 0) is 31.4 Å². The molecule has 3 nitrogen and oxygen atoms in total. The number of nitrogens with zero attached hydrogens (tertiary/aromatic N) is 2. The molecule has 0 bridgehead atoms. The second-order valence-electron chi connectivity index (χ2n) is 5.58. The number of imidazole rings is 1. The Hall–Kier alpha value is -1.06. The van der Waals surface area contributed by atoms with Gasteiger partial charge >= 0.3 is 0 Å². The largest absolute Gasteiger partial charge is 0.378 e. The summed E-state index contributed by atoms with van der Waals surface area (Å²) in [6.45, 7) is 6.14. The third-order valence-electron chi connectivity index (χ3n) is 4.35. The minimum atomic E-state index is 0.375. The number of aromatic nitrogens is 2. The van der Waals surface area contributed by atoms with Crippen molar-refractivity contribution in [1.29, 1.82) is 0 Å². The van der Waals surface area contributed by atoms with Crippen molar-refractivity contribution in [2.45, 2.75) is 45.2 Å². The van der Waals surface area contributed by atoms with Crippen molar-refractivity contribution in [2.24, 2.45) is 5.92 Å². The highest BCUT2D eigenvalue weighted by molar-refractivity contribution is 6.16. The van der Waals surface area contributed by atoms with E-state index in [2.05, 4.69) is 36.6 Å². The standard InChI is InChI=1S/C16H21ClN2O/c1-3-14-12(7-8-20-14)10-19-13-6-4-5-11(2)16(13)18-15(19)9-17/h4-6,12,14H,3,7-10H2,1-2H3. The SMILES string of the molecule is CCC1OCCC1Cn1c(CCl)nc2c(C)cccc21. The van der Waals surface area contributed by atoms with E-state index in [1.807, 2.05) is 0 Å². The molecule has 2 aromatic rings. The molecule has 4 heteroatoms. The number of alkyl halides is 1. The van der Waals surface area contributed by atoms with Crippen LogP contribution < -0.4 is 0 Å². The van der Waals surface area contributed by atoms with Gasteiger partial charge in [0.1, 0.15) is 5.82 Å². The first-order chi connectivity index (χ1) is 9.74. The molecule has 20 heavy (non-hydrogen) atoms. The Bertz CT molecular complexity index is 608. The maximum Gasteiger partial charge on any atom is 0.124 e. The lowest BCUT2D eigenvalue weighted by Crippen LogP contribution is -2.21. The first kappa shape index (κ1) is 13.9. The zero-order chi connectivity index (χ0) is 14.1. The molecule has 1 aromatic carbocycles. The normalized spacial score (nSPS) is 22.8. The predicted octanol–water partition coefficient (Wildman–Crippen LogP) is 3.90. The van der Waals surface area contributed by atoms with E-state index in [9.17, 15) is 0 Å². The number of fused-ring (bicyclic) bond motifs is 1. The Labute approximate surface area is 124 Å². The highest BCUT2D eigenvalue weighted by Crippen LogP contribution is 2.28. The van der Waals surface area contributed by atoms with Gasteiger partial charge in [0.05, 0.1) is 23.0 Å². The van der Waals surface area contributed by atoms with E-state index in [0.29, 0.717) is 17.9 Å². The minimum absolute atomic E-state index is 0.375. The summed E-state index contributed by atoms with van der Waals surface area (Å²) in [7, 11) is 0. The average Bonchev–Trinajstić information content (AvgIpc) is 3.05. The Morgan fingerprint density at radius 2 is 2.30 bits per heavy atom. The summed E-state index contributed by atoms with van der Waals surface area (Å²) >= 11 is 6.10. The van der Waals surface area contributed by atoms with Crippen LogP contribution in [-0.2, 0) is 17.2 Å². The van der Waals surface area contributed by atoms with Crippen molar-refractivity contribution >= 4 is 22.6 Å². The first-order valence-corrected chi connectivity index (χ1v) is 7.90. The molecule has 2 atom stereocenters. The van der Waals surface area contributed by atoms with Crippen LogP contribution in [0.1, 0.15) is 31.2 Å². The van der Waals surface area contributed by atoms with Gasteiger partial charge in [-0.2, -0.15) is 0 Å². The van der Waals surface area contributed by atoms with Gasteiger partial charge in [-0.15, -0.1) is 11.6 Å². The fraction of sp³-hybridized carbons (Fsp3) is 0.562. The van der Waals surface area contributed by atoms with E-state index in [1.54, 1.807) is 0 Å². The summed E-state index contributed by atoms with van der Waals surface area (Å²) in [6, 6.07) is 6.34. The van der Waals surface area contributed by atoms with Crippen molar-refractivity contribution in [3.05, 3.63) is 29.6 Å². The molecular formula is C16H21ClN2O. The molecule has 108 valence electrons. The van der Waals surface area contributed by atoms with E-state index in [-0.39, 0.29) is 0 Å². The molecular weight excluding hydrogens is 272 g/mol.